The Bertz CT molecular complexity index is 1210. The Balaban J connectivity index is 1.47. The number of carbonyl (C=O) groups excluding carboxylic acids is 2. The zero-order chi connectivity index (χ0) is 27.5. The predicted molar refractivity (Wildman–Crippen MR) is 151 cm³/mol. The summed E-state index contributed by atoms with van der Waals surface area (Å²) in [5.74, 6) is 1.44. The first kappa shape index (κ1) is 29.0. The van der Waals surface area contributed by atoms with Crippen molar-refractivity contribution in [2.45, 2.75) is 66.9 Å². The van der Waals surface area contributed by atoms with Crippen molar-refractivity contribution < 1.29 is 23.8 Å². The van der Waals surface area contributed by atoms with Gasteiger partial charge in [-0.25, -0.2) is 0 Å². The third-order valence-electron chi connectivity index (χ3n) is 6.63. The van der Waals surface area contributed by atoms with E-state index in [9.17, 15) is 9.59 Å². The second kappa shape index (κ2) is 13.8. The molecule has 3 aromatic rings. The molecule has 0 aliphatic rings. The minimum Gasteiger partial charge on any atom is -0.493 e. The van der Waals surface area contributed by atoms with E-state index in [0.717, 1.165) is 40.2 Å². The van der Waals surface area contributed by atoms with E-state index in [4.69, 9.17) is 14.2 Å². The number of Topliss-reactive ketones (excluding diaryl/α,β-unsaturated/α-hetero) is 1. The number of esters is 1. The quantitative estimate of drug-likeness (QED) is 0.127. The molecule has 5 nitrogen and oxygen atoms in total. The number of ether oxygens (including phenoxy) is 3. The Kier molecular flexibility index (Phi) is 10.5. The minimum absolute atomic E-state index is 0.00979. The van der Waals surface area contributed by atoms with Gasteiger partial charge in [0.05, 0.1) is 18.6 Å². The average Bonchev–Trinajstić information content (AvgIpc) is 2.90. The largest absolute Gasteiger partial charge is 0.493 e. The van der Waals surface area contributed by atoms with Crippen LogP contribution in [0, 0.1) is 19.3 Å². The van der Waals surface area contributed by atoms with Crippen molar-refractivity contribution in [1.29, 1.82) is 0 Å². The molecule has 0 amide bonds. The summed E-state index contributed by atoms with van der Waals surface area (Å²) in [5, 5.41) is 0. The van der Waals surface area contributed by atoms with Gasteiger partial charge in [0.1, 0.15) is 18.1 Å². The molecule has 202 valence electrons. The smallest absolute Gasteiger partial charge is 0.311 e. The fourth-order valence-corrected chi connectivity index (χ4v) is 4.15. The van der Waals surface area contributed by atoms with Gasteiger partial charge in [-0.15, -0.1) is 0 Å². The Morgan fingerprint density at radius 3 is 2.32 bits per heavy atom. The second-order valence-electron chi connectivity index (χ2n) is 10.5. The molecule has 38 heavy (non-hydrogen) atoms. The number of carbonyl (C=O) groups is 2. The fraction of sp³-hybridized carbons (Fsp3) is 0.394. The number of aryl methyl sites for hydroxylation is 3. The Morgan fingerprint density at radius 2 is 1.58 bits per heavy atom. The van der Waals surface area contributed by atoms with E-state index in [1.165, 1.54) is 0 Å². The summed E-state index contributed by atoms with van der Waals surface area (Å²) < 4.78 is 17.6. The van der Waals surface area contributed by atoms with Gasteiger partial charge in [0.2, 0.25) is 0 Å². The molecular formula is C33H40O5. The first-order valence-corrected chi connectivity index (χ1v) is 13.3. The van der Waals surface area contributed by atoms with E-state index in [1.807, 2.05) is 76.2 Å². The van der Waals surface area contributed by atoms with Crippen LogP contribution >= 0.6 is 0 Å². The van der Waals surface area contributed by atoms with Crippen LogP contribution < -0.4 is 9.47 Å². The average molecular weight is 517 g/mol. The SMILES string of the molecule is CC(=O)c1ccc(OCc2ccccc2)c(CCCOC(=O)C(C)(C)CCCOc2cc(C)ccc2C)c1. The molecule has 0 fully saturated rings. The van der Waals surface area contributed by atoms with Crippen LogP contribution in [0.1, 0.15) is 72.6 Å². The molecule has 0 N–H and O–H groups in total. The van der Waals surface area contributed by atoms with Gasteiger partial charge >= 0.3 is 5.97 Å². The molecule has 5 heteroatoms. The third kappa shape index (κ3) is 8.76. The second-order valence-corrected chi connectivity index (χ2v) is 10.5. The van der Waals surface area contributed by atoms with Gasteiger partial charge in [0.25, 0.3) is 0 Å². The fourth-order valence-electron chi connectivity index (χ4n) is 4.15. The van der Waals surface area contributed by atoms with Crippen LogP contribution in [0.25, 0.3) is 0 Å². The molecule has 0 bridgehead atoms. The lowest BCUT2D eigenvalue weighted by Crippen LogP contribution is -2.27. The summed E-state index contributed by atoms with van der Waals surface area (Å²) in [4.78, 5) is 24.7. The lowest BCUT2D eigenvalue weighted by Gasteiger charge is -2.22. The number of ketones is 1. The molecule has 0 saturated carbocycles. The number of benzene rings is 3. The summed E-state index contributed by atoms with van der Waals surface area (Å²) in [6.07, 6.45) is 2.72. The summed E-state index contributed by atoms with van der Waals surface area (Å²) in [7, 11) is 0. The first-order valence-electron chi connectivity index (χ1n) is 13.3. The standard InChI is InChI=1S/C33H40O5/c1-24-14-15-25(2)31(21-24)36-20-10-18-33(4,5)32(35)37-19-9-13-29-22-28(26(3)34)16-17-30(29)38-23-27-11-7-6-8-12-27/h6-8,11-12,14-17,21-22H,9-10,13,18-20,23H2,1-5H3. The topological polar surface area (TPSA) is 61.8 Å². The molecule has 3 aromatic carbocycles. The highest BCUT2D eigenvalue weighted by molar-refractivity contribution is 5.94. The minimum atomic E-state index is -0.594. The predicted octanol–water partition coefficient (Wildman–Crippen LogP) is 7.45. The molecule has 0 aromatic heterocycles. The zero-order valence-corrected chi connectivity index (χ0v) is 23.3. The summed E-state index contributed by atoms with van der Waals surface area (Å²) in [6, 6.07) is 21.6. The highest BCUT2D eigenvalue weighted by Gasteiger charge is 2.28. The van der Waals surface area contributed by atoms with E-state index in [2.05, 4.69) is 12.1 Å². The molecule has 0 atom stereocenters. The molecule has 0 heterocycles. The van der Waals surface area contributed by atoms with Gasteiger partial charge in [-0.1, -0.05) is 42.5 Å². The molecule has 3 rings (SSSR count). The van der Waals surface area contributed by atoms with Crippen molar-refractivity contribution in [3.63, 3.8) is 0 Å². The van der Waals surface area contributed by atoms with E-state index in [-0.39, 0.29) is 11.8 Å². The van der Waals surface area contributed by atoms with Gasteiger partial charge in [-0.3, -0.25) is 9.59 Å². The molecule has 0 aliphatic carbocycles. The maximum atomic E-state index is 12.8. The third-order valence-corrected chi connectivity index (χ3v) is 6.63. The van der Waals surface area contributed by atoms with Crippen molar-refractivity contribution in [2.24, 2.45) is 5.41 Å². The van der Waals surface area contributed by atoms with E-state index < -0.39 is 5.41 Å². The molecular weight excluding hydrogens is 476 g/mol. The van der Waals surface area contributed by atoms with Crippen molar-refractivity contribution >= 4 is 11.8 Å². The van der Waals surface area contributed by atoms with Crippen LogP contribution in [0.3, 0.4) is 0 Å². The monoisotopic (exact) mass is 516 g/mol. The van der Waals surface area contributed by atoms with Gasteiger partial charge < -0.3 is 14.2 Å². The van der Waals surface area contributed by atoms with Crippen molar-refractivity contribution in [3.8, 4) is 11.5 Å². The van der Waals surface area contributed by atoms with E-state index >= 15 is 0 Å². The van der Waals surface area contributed by atoms with E-state index in [1.54, 1.807) is 13.0 Å². The highest BCUT2D eigenvalue weighted by atomic mass is 16.5. The van der Waals surface area contributed by atoms with Gasteiger partial charge in [0, 0.05) is 5.56 Å². The molecule has 0 aliphatic heterocycles. The lowest BCUT2D eigenvalue weighted by molar-refractivity contribution is -0.154. The Labute approximate surface area is 227 Å². The van der Waals surface area contributed by atoms with Crippen molar-refractivity contribution in [3.05, 3.63) is 94.5 Å². The van der Waals surface area contributed by atoms with Crippen molar-refractivity contribution in [2.75, 3.05) is 13.2 Å². The zero-order valence-electron chi connectivity index (χ0n) is 23.3. The van der Waals surface area contributed by atoms with Crippen LogP contribution in [0.5, 0.6) is 11.5 Å². The lowest BCUT2D eigenvalue weighted by atomic mass is 9.88. The number of hydrogen-bond acceptors (Lipinski definition) is 5. The van der Waals surface area contributed by atoms with Gasteiger partial charge in [0.15, 0.2) is 5.78 Å². The highest BCUT2D eigenvalue weighted by Crippen LogP contribution is 2.27. The number of hydrogen-bond donors (Lipinski definition) is 0. The Hall–Kier alpha value is -3.60. The normalized spacial score (nSPS) is 11.2. The summed E-state index contributed by atoms with van der Waals surface area (Å²) in [5.41, 5.74) is 4.34. The maximum absolute atomic E-state index is 12.8. The summed E-state index contributed by atoms with van der Waals surface area (Å²) in [6.45, 7) is 10.8. The van der Waals surface area contributed by atoms with Crippen LogP contribution in [0.15, 0.2) is 66.7 Å². The van der Waals surface area contributed by atoms with Gasteiger partial charge in [-0.05, 0) is 107 Å². The number of rotatable bonds is 14. The first-order chi connectivity index (χ1) is 18.2. The van der Waals surface area contributed by atoms with Crippen LogP contribution in [-0.4, -0.2) is 25.0 Å². The molecule has 0 spiro atoms. The van der Waals surface area contributed by atoms with Crippen LogP contribution in [0.2, 0.25) is 0 Å². The Morgan fingerprint density at radius 1 is 0.816 bits per heavy atom. The van der Waals surface area contributed by atoms with E-state index in [0.29, 0.717) is 44.6 Å². The summed E-state index contributed by atoms with van der Waals surface area (Å²) >= 11 is 0. The van der Waals surface area contributed by atoms with Crippen LogP contribution in [0.4, 0.5) is 0 Å². The van der Waals surface area contributed by atoms with Crippen molar-refractivity contribution in [1.82, 2.24) is 0 Å². The maximum Gasteiger partial charge on any atom is 0.311 e. The molecule has 0 saturated heterocycles. The molecule has 0 radical (unpaired) electrons. The molecule has 0 unspecified atom stereocenters. The van der Waals surface area contributed by atoms with Gasteiger partial charge in [-0.2, -0.15) is 0 Å². The van der Waals surface area contributed by atoms with Crippen LogP contribution in [-0.2, 0) is 22.6 Å².